The molecule has 0 radical (unpaired) electrons. The van der Waals surface area contributed by atoms with Gasteiger partial charge < -0.3 is 10.1 Å². The van der Waals surface area contributed by atoms with Crippen LogP contribution >= 0.6 is 0 Å². The van der Waals surface area contributed by atoms with Crippen molar-refractivity contribution < 1.29 is 4.74 Å². The molecule has 0 amide bonds. The van der Waals surface area contributed by atoms with E-state index in [1.807, 2.05) is 0 Å². The smallest absolute Gasteiger partial charge is 0.0687 e. The SMILES string of the molecule is C1CCC2(CC1)CCC(CC1CCCN1)O2. The van der Waals surface area contributed by atoms with Gasteiger partial charge in [-0.1, -0.05) is 19.3 Å². The van der Waals surface area contributed by atoms with Gasteiger partial charge in [-0.3, -0.25) is 0 Å². The molecule has 3 aliphatic rings. The molecule has 1 spiro atoms. The third-order valence-electron chi connectivity index (χ3n) is 4.81. The number of ether oxygens (including phenoxy) is 1. The lowest BCUT2D eigenvalue weighted by Crippen LogP contribution is -2.33. The average molecular weight is 223 g/mol. The zero-order valence-corrected chi connectivity index (χ0v) is 10.3. The molecule has 16 heavy (non-hydrogen) atoms. The molecule has 0 bridgehead atoms. The minimum atomic E-state index is 0.321. The van der Waals surface area contributed by atoms with Crippen LogP contribution < -0.4 is 5.32 Å². The average Bonchev–Trinajstić information content (AvgIpc) is 2.92. The van der Waals surface area contributed by atoms with Crippen LogP contribution in [-0.2, 0) is 4.74 Å². The van der Waals surface area contributed by atoms with E-state index in [0.29, 0.717) is 11.7 Å². The lowest BCUT2D eigenvalue weighted by atomic mass is 9.83. The minimum absolute atomic E-state index is 0.321. The van der Waals surface area contributed by atoms with Gasteiger partial charge in [0.1, 0.15) is 0 Å². The monoisotopic (exact) mass is 223 g/mol. The van der Waals surface area contributed by atoms with Gasteiger partial charge in [-0.15, -0.1) is 0 Å². The minimum Gasteiger partial charge on any atom is -0.372 e. The summed E-state index contributed by atoms with van der Waals surface area (Å²) < 4.78 is 6.41. The van der Waals surface area contributed by atoms with Gasteiger partial charge in [-0.05, 0) is 51.5 Å². The Balaban J connectivity index is 1.51. The molecule has 1 N–H and O–H groups in total. The first kappa shape index (κ1) is 11.0. The molecule has 3 fully saturated rings. The summed E-state index contributed by atoms with van der Waals surface area (Å²) in [5.74, 6) is 0. The Morgan fingerprint density at radius 1 is 1.00 bits per heavy atom. The van der Waals surface area contributed by atoms with Gasteiger partial charge in [0.2, 0.25) is 0 Å². The normalized spacial score (nSPS) is 38.2. The van der Waals surface area contributed by atoms with Crippen molar-refractivity contribution in [2.24, 2.45) is 0 Å². The highest BCUT2D eigenvalue weighted by atomic mass is 16.5. The zero-order chi connectivity index (χ0) is 10.8. The molecular weight excluding hydrogens is 198 g/mol. The quantitative estimate of drug-likeness (QED) is 0.777. The second-order valence-electron chi connectivity index (χ2n) is 6.05. The summed E-state index contributed by atoms with van der Waals surface area (Å²) in [5, 5.41) is 3.59. The molecule has 2 aliphatic heterocycles. The van der Waals surface area contributed by atoms with Crippen molar-refractivity contribution in [3.05, 3.63) is 0 Å². The first-order valence-electron chi connectivity index (χ1n) is 7.28. The van der Waals surface area contributed by atoms with E-state index in [-0.39, 0.29) is 0 Å². The predicted molar refractivity (Wildman–Crippen MR) is 65.6 cm³/mol. The molecule has 1 saturated carbocycles. The lowest BCUT2D eigenvalue weighted by molar-refractivity contribution is -0.0675. The summed E-state index contributed by atoms with van der Waals surface area (Å²) in [6.07, 6.45) is 14.1. The Labute approximate surface area is 99.1 Å². The molecular formula is C14H25NO. The first-order valence-corrected chi connectivity index (χ1v) is 7.28. The number of nitrogens with one attached hydrogen (secondary N) is 1. The second-order valence-corrected chi connectivity index (χ2v) is 6.05. The molecule has 2 unspecified atom stereocenters. The van der Waals surface area contributed by atoms with E-state index in [0.717, 1.165) is 6.04 Å². The Morgan fingerprint density at radius 3 is 2.62 bits per heavy atom. The van der Waals surface area contributed by atoms with Crippen molar-refractivity contribution in [2.75, 3.05) is 6.54 Å². The third kappa shape index (κ3) is 2.28. The molecule has 3 rings (SSSR count). The lowest BCUT2D eigenvalue weighted by Gasteiger charge is -2.33. The van der Waals surface area contributed by atoms with Crippen molar-refractivity contribution in [3.63, 3.8) is 0 Å². The summed E-state index contributed by atoms with van der Waals surface area (Å²) in [4.78, 5) is 0. The summed E-state index contributed by atoms with van der Waals surface area (Å²) in [6, 6.07) is 0.753. The van der Waals surface area contributed by atoms with Crippen LogP contribution in [0.5, 0.6) is 0 Å². The molecule has 2 heteroatoms. The molecule has 1 aliphatic carbocycles. The molecule has 92 valence electrons. The highest BCUT2D eigenvalue weighted by Gasteiger charge is 2.41. The van der Waals surface area contributed by atoms with E-state index in [2.05, 4.69) is 5.32 Å². The molecule has 0 aromatic rings. The maximum atomic E-state index is 6.41. The number of hydrogen-bond acceptors (Lipinski definition) is 2. The Kier molecular flexibility index (Phi) is 3.21. The topological polar surface area (TPSA) is 21.3 Å². The van der Waals surface area contributed by atoms with E-state index in [1.54, 1.807) is 0 Å². The largest absolute Gasteiger partial charge is 0.372 e. The summed E-state index contributed by atoms with van der Waals surface area (Å²) >= 11 is 0. The maximum absolute atomic E-state index is 6.41. The first-order chi connectivity index (χ1) is 7.86. The van der Waals surface area contributed by atoms with E-state index in [9.17, 15) is 0 Å². The van der Waals surface area contributed by atoms with Crippen LogP contribution in [0.15, 0.2) is 0 Å². The van der Waals surface area contributed by atoms with Gasteiger partial charge in [0, 0.05) is 6.04 Å². The summed E-state index contributed by atoms with van der Waals surface area (Å²) in [6.45, 7) is 1.22. The molecule has 2 nitrogen and oxygen atoms in total. The van der Waals surface area contributed by atoms with Crippen LogP contribution in [-0.4, -0.2) is 24.3 Å². The van der Waals surface area contributed by atoms with E-state index >= 15 is 0 Å². The van der Waals surface area contributed by atoms with Crippen LogP contribution in [0, 0.1) is 0 Å². The van der Waals surface area contributed by atoms with Crippen molar-refractivity contribution in [2.45, 2.75) is 82.0 Å². The van der Waals surface area contributed by atoms with Crippen molar-refractivity contribution in [1.82, 2.24) is 5.32 Å². The van der Waals surface area contributed by atoms with Gasteiger partial charge in [0.05, 0.1) is 11.7 Å². The molecule has 2 atom stereocenters. The van der Waals surface area contributed by atoms with Gasteiger partial charge in [-0.2, -0.15) is 0 Å². The van der Waals surface area contributed by atoms with Crippen LogP contribution in [0.25, 0.3) is 0 Å². The Bertz CT molecular complexity index is 229. The van der Waals surface area contributed by atoms with E-state index in [1.165, 1.54) is 70.8 Å². The molecule has 0 aromatic heterocycles. The van der Waals surface area contributed by atoms with Gasteiger partial charge >= 0.3 is 0 Å². The Morgan fingerprint density at radius 2 is 1.88 bits per heavy atom. The second kappa shape index (κ2) is 4.66. The highest BCUT2D eigenvalue weighted by Crippen LogP contribution is 2.43. The molecule has 2 saturated heterocycles. The van der Waals surface area contributed by atoms with Gasteiger partial charge in [0.25, 0.3) is 0 Å². The fourth-order valence-corrected chi connectivity index (χ4v) is 3.90. The van der Waals surface area contributed by atoms with Crippen molar-refractivity contribution in [1.29, 1.82) is 0 Å². The van der Waals surface area contributed by atoms with Crippen LogP contribution in [0.1, 0.15) is 64.2 Å². The zero-order valence-electron chi connectivity index (χ0n) is 10.3. The van der Waals surface area contributed by atoms with Gasteiger partial charge in [-0.25, -0.2) is 0 Å². The molecule has 0 aromatic carbocycles. The van der Waals surface area contributed by atoms with Crippen molar-refractivity contribution in [3.8, 4) is 0 Å². The third-order valence-corrected chi connectivity index (χ3v) is 4.81. The molecule has 2 heterocycles. The summed E-state index contributed by atoms with van der Waals surface area (Å²) in [5.41, 5.74) is 0.321. The maximum Gasteiger partial charge on any atom is 0.0687 e. The Hall–Kier alpha value is -0.0800. The fraction of sp³-hybridized carbons (Fsp3) is 1.00. The standard InChI is InChI=1S/C14H25NO/c1-2-7-14(8-3-1)9-6-13(16-14)11-12-5-4-10-15-12/h12-13,15H,1-11H2. The fourth-order valence-electron chi connectivity index (χ4n) is 3.90. The van der Waals surface area contributed by atoms with E-state index in [4.69, 9.17) is 4.74 Å². The highest BCUT2D eigenvalue weighted by molar-refractivity contribution is 4.92. The van der Waals surface area contributed by atoms with Crippen molar-refractivity contribution >= 4 is 0 Å². The summed E-state index contributed by atoms with van der Waals surface area (Å²) in [7, 11) is 0. The van der Waals surface area contributed by atoms with Crippen LogP contribution in [0.4, 0.5) is 0 Å². The predicted octanol–water partition coefficient (Wildman–Crippen LogP) is 3.01. The number of hydrogen-bond donors (Lipinski definition) is 1. The van der Waals surface area contributed by atoms with E-state index < -0.39 is 0 Å². The van der Waals surface area contributed by atoms with Gasteiger partial charge in [0.15, 0.2) is 0 Å². The van der Waals surface area contributed by atoms with Crippen LogP contribution in [0.2, 0.25) is 0 Å². The number of rotatable bonds is 2. The van der Waals surface area contributed by atoms with Crippen LogP contribution in [0.3, 0.4) is 0 Å².